The molecule has 1 amide bonds. The Labute approximate surface area is 230 Å². The molecule has 0 atom stereocenters. The van der Waals surface area contributed by atoms with Crippen molar-refractivity contribution in [2.24, 2.45) is 0 Å². The minimum absolute atomic E-state index is 0.177. The topological polar surface area (TPSA) is 93.8 Å². The molecular formula is C28H28F3N5O3S. The molecule has 0 bridgehead atoms. The highest BCUT2D eigenvalue weighted by molar-refractivity contribution is 7.93. The van der Waals surface area contributed by atoms with Crippen LogP contribution >= 0.6 is 0 Å². The third-order valence-corrected chi connectivity index (χ3v) is 7.97. The van der Waals surface area contributed by atoms with E-state index in [4.69, 9.17) is 0 Å². The molecule has 3 N–H and O–H groups in total. The normalized spacial score (nSPS) is 17.8. The van der Waals surface area contributed by atoms with Gasteiger partial charge in [-0.1, -0.05) is 42.5 Å². The number of hydrogen-bond acceptors (Lipinski definition) is 6. The van der Waals surface area contributed by atoms with E-state index in [0.717, 1.165) is 38.3 Å². The molecule has 2 aliphatic heterocycles. The Kier molecular flexibility index (Phi) is 7.58. The van der Waals surface area contributed by atoms with Crippen LogP contribution in [0, 0.1) is 0 Å². The van der Waals surface area contributed by atoms with Crippen LogP contribution in [0.5, 0.6) is 0 Å². The van der Waals surface area contributed by atoms with E-state index in [2.05, 4.69) is 27.5 Å². The third-order valence-electron chi connectivity index (χ3n) is 6.86. The number of benzene rings is 3. The van der Waals surface area contributed by atoms with Gasteiger partial charge in [0.2, 0.25) is 0 Å². The first kappa shape index (κ1) is 27.7. The quantitative estimate of drug-likeness (QED) is 0.358. The van der Waals surface area contributed by atoms with E-state index in [1.807, 2.05) is 30.3 Å². The van der Waals surface area contributed by atoms with E-state index in [-0.39, 0.29) is 16.8 Å². The van der Waals surface area contributed by atoms with Crippen molar-refractivity contribution in [1.29, 1.82) is 0 Å². The second-order valence-electron chi connectivity index (χ2n) is 9.78. The van der Waals surface area contributed by atoms with Crippen LogP contribution in [-0.2, 0) is 21.4 Å². The second-order valence-corrected chi connectivity index (χ2v) is 11.5. The lowest BCUT2D eigenvalue weighted by atomic mass is 9.99. The van der Waals surface area contributed by atoms with Crippen molar-refractivity contribution in [2.45, 2.75) is 12.1 Å². The summed E-state index contributed by atoms with van der Waals surface area (Å²) < 4.78 is 63.8. The highest BCUT2D eigenvalue weighted by atomic mass is 32.2. The molecule has 0 saturated carbocycles. The van der Waals surface area contributed by atoms with Crippen molar-refractivity contribution in [3.8, 4) is 0 Å². The lowest BCUT2D eigenvalue weighted by molar-refractivity contribution is -0.110. The minimum Gasteiger partial charge on any atom is -0.354 e. The van der Waals surface area contributed by atoms with Crippen LogP contribution in [0.25, 0.3) is 11.3 Å². The van der Waals surface area contributed by atoms with Gasteiger partial charge in [0.25, 0.3) is 5.91 Å². The zero-order chi connectivity index (χ0) is 28.5. The monoisotopic (exact) mass is 571 g/mol. The SMILES string of the molecule is CN1CCN(Cc2ccc(N/C(=C3\C(=O)Nc4ccc(NS(=O)(=O)C(F)(F)F)cc43)c3ccccc3)cc2)CC1. The number of carbonyl (C=O) groups excluding carboxylic acids is 1. The maximum absolute atomic E-state index is 13.2. The van der Waals surface area contributed by atoms with Gasteiger partial charge >= 0.3 is 15.5 Å². The molecule has 2 heterocycles. The fourth-order valence-corrected chi connectivity index (χ4v) is 5.23. The number of carbonyl (C=O) groups is 1. The second kappa shape index (κ2) is 11.0. The van der Waals surface area contributed by atoms with Crippen LogP contribution in [0.4, 0.5) is 30.2 Å². The first-order valence-corrected chi connectivity index (χ1v) is 14.1. The van der Waals surface area contributed by atoms with Crippen LogP contribution in [-0.4, -0.2) is 62.9 Å². The number of piperazine rings is 1. The maximum atomic E-state index is 13.2. The Hall–Kier alpha value is -3.87. The molecule has 5 rings (SSSR count). The first-order chi connectivity index (χ1) is 19.0. The van der Waals surface area contributed by atoms with Gasteiger partial charge in [0.05, 0.1) is 11.3 Å². The van der Waals surface area contributed by atoms with E-state index in [1.165, 1.54) is 18.2 Å². The van der Waals surface area contributed by atoms with Crippen molar-refractivity contribution < 1.29 is 26.4 Å². The van der Waals surface area contributed by atoms with Gasteiger partial charge in [0.1, 0.15) is 0 Å². The lowest BCUT2D eigenvalue weighted by Gasteiger charge is -2.32. The number of sulfonamides is 1. The van der Waals surface area contributed by atoms with E-state index >= 15 is 0 Å². The Bertz CT molecular complexity index is 1530. The summed E-state index contributed by atoms with van der Waals surface area (Å²) in [6.45, 7) is 4.87. The van der Waals surface area contributed by atoms with Crippen LogP contribution in [0.2, 0.25) is 0 Å². The summed E-state index contributed by atoms with van der Waals surface area (Å²) in [6, 6.07) is 20.6. The van der Waals surface area contributed by atoms with Gasteiger partial charge in [0, 0.05) is 55.3 Å². The molecule has 0 radical (unpaired) electrons. The fraction of sp³-hybridized carbons (Fsp3) is 0.250. The van der Waals surface area contributed by atoms with E-state index < -0.39 is 21.4 Å². The highest BCUT2D eigenvalue weighted by Gasteiger charge is 2.46. The number of rotatable bonds is 7. The van der Waals surface area contributed by atoms with Gasteiger partial charge in [-0.2, -0.15) is 21.6 Å². The maximum Gasteiger partial charge on any atom is 0.516 e. The molecule has 3 aromatic rings. The first-order valence-electron chi connectivity index (χ1n) is 12.6. The molecule has 0 aliphatic carbocycles. The fourth-order valence-electron chi connectivity index (χ4n) is 4.68. The predicted octanol–water partition coefficient (Wildman–Crippen LogP) is 4.63. The van der Waals surface area contributed by atoms with Gasteiger partial charge in [-0.3, -0.25) is 14.4 Å². The molecule has 1 fully saturated rings. The Morgan fingerprint density at radius 2 is 1.57 bits per heavy atom. The number of fused-ring (bicyclic) bond motifs is 1. The van der Waals surface area contributed by atoms with Gasteiger partial charge in [-0.25, -0.2) is 0 Å². The van der Waals surface area contributed by atoms with Crippen molar-refractivity contribution in [1.82, 2.24) is 9.80 Å². The van der Waals surface area contributed by atoms with Crippen molar-refractivity contribution in [3.63, 3.8) is 0 Å². The van der Waals surface area contributed by atoms with Crippen molar-refractivity contribution in [3.05, 3.63) is 89.5 Å². The zero-order valence-corrected chi connectivity index (χ0v) is 22.4. The smallest absolute Gasteiger partial charge is 0.354 e. The number of nitrogens with one attached hydrogen (secondary N) is 3. The van der Waals surface area contributed by atoms with Gasteiger partial charge < -0.3 is 15.5 Å². The van der Waals surface area contributed by atoms with Crippen molar-refractivity contribution >= 4 is 44.3 Å². The minimum atomic E-state index is -5.63. The number of nitrogens with zero attached hydrogens (tertiary/aromatic N) is 2. The number of alkyl halides is 3. The van der Waals surface area contributed by atoms with E-state index in [9.17, 15) is 26.4 Å². The summed E-state index contributed by atoms with van der Waals surface area (Å²) in [6.07, 6.45) is 0. The Morgan fingerprint density at radius 1 is 0.925 bits per heavy atom. The van der Waals surface area contributed by atoms with E-state index in [0.29, 0.717) is 22.6 Å². The van der Waals surface area contributed by atoms with Gasteiger partial charge in [-0.15, -0.1) is 0 Å². The number of hydrogen-bond donors (Lipinski definition) is 3. The Morgan fingerprint density at radius 3 is 2.23 bits per heavy atom. The van der Waals surface area contributed by atoms with Crippen molar-refractivity contribution in [2.75, 3.05) is 48.6 Å². The molecule has 12 heteroatoms. The summed E-state index contributed by atoms with van der Waals surface area (Å²) in [4.78, 5) is 17.8. The molecule has 1 saturated heterocycles. The number of anilines is 3. The summed E-state index contributed by atoms with van der Waals surface area (Å²) in [5.41, 5.74) is -2.04. The van der Waals surface area contributed by atoms with Gasteiger partial charge in [0.15, 0.2) is 0 Å². The van der Waals surface area contributed by atoms with E-state index in [1.54, 1.807) is 29.0 Å². The van der Waals surface area contributed by atoms with Crippen LogP contribution in [0.15, 0.2) is 72.8 Å². The molecule has 3 aromatic carbocycles. The summed E-state index contributed by atoms with van der Waals surface area (Å²) in [7, 11) is -3.52. The Balaban J connectivity index is 1.47. The molecule has 0 spiro atoms. The highest BCUT2D eigenvalue weighted by Crippen LogP contribution is 2.39. The summed E-state index contributed by atoms with van der Waals surface area (Å²) >= 11 is 0. The largest absolute Gasteiger partial charge is 0.516 e. The molecule has 8 nitrogen and oxygen atoms in total. The third kappa shape index (κ3) is 5.98. The molecular weight excluding hydrogens is 543 g/mol. The lowest BCUT2D eigenvalue weighted by Crippen LogP contribution is -2.43. The zero-order valence-electron chi connectivity index (χ0n) is 21.6. The molecule has 210 valence electrons. The molecule has 2 aliphatic rings. The molecule has 0 aromatic heterocycles. The van der Waals surface area contributed by atoms with Crippen LogP contribution < -0.4 is 15.4 Å². The number of likely N-dealkylation sites (N-methyl/N-ethyl adjacent to an activating group) is 1. The number of halogens is 3. The van der Waals surface area contributed by atoms with Gasteiger partial charge in [-0.05, 0) is 48.5 Å². The predicted molar refractivity (Wildman–Crippen MR) is 150 cm³/mol. The average molecular weight is 572 g/mol. The number of amides is 1. The standard InChI is InChI=1S/C28H28F3N5O3S/c1-35-13-15-36(16-14-35)18-19-7-9-21(10-8-19)32-26(20-5-3-2-4-6-20)25-23-17-22(11-12-24(23)33-27(25)37)34-40(38,39)28(29,30)31/h2-12,17,32,34H,13-16,18H2,1H3,(H,33,37)/b26-25-. The molecule has 0 unspecified atom stereocenters. The molecule has 40 heavy (non-hydrogen) atoms. The van der Waals surface area contributed by atoms with Crippen LogP contribution in [0.3, 0.4) is 0 Å². The van der Waals surface area contributed by atoms with Crippen LogP contribution in [0.1, 0.15) is 16.7 Å². The summed E-state index contributed by atoms with van der Waals surface area (Å²) in [5, 5.41) is 6.03. The average Bonchev–Trinajstić information content (AvgIpc) is 3.24. The summed E-state index contributed by atoms with van der Waals surface area (Å²) in [5.74, 6) is -0.469.